The number of rotatable bonds is 10. The van der Waals surface area contributed by atoms with E-state index in [1.54, 1.807) is 0 Å². The maximum Gasteiger partial charge on any atom is 0.0781 e. The minimum atomic E-state index is 0.0673. The van der Waals surface area contributed by atoms with E-state index >= 15 is 0 Å². The molecule has 0 heterocycles. The molecule has 4 N–H and O–H groups in total. The van der Waals surface area contributed by atoms with Gasteiger partial charge in [0.05, 0.1) is 39.1 Å². The van der Waals surface area contributed by atoms with Crippen LogP contribution in [0.4, 0.5) is 0 Å². The molecule has 0 aliphatic rings. The minimum Gasteiger partial charge on any atom is -0.377 e. The van der Waals surface area contributed by atoms with Crippen LogP contribution in [0.1, 0.15) is 20.8 Å². The molecule has 0 saturated carbocycles. The Bertz CT molecular complexity index is 154. The first-order chi connectivity index (χ1) is 7.52. The van der Waals surface area contributed by atoms with E-state index in [4.69, 9.17) is 25.7 Å². The molecular formula is C11H26N2O3. The van der Waals surface area contributed by atoms with Gasteiger partial charge in [-0.25, -0.2) is 0 Å². The van der Waals surface area contributed by atoms with Crippen molar-refractivity contribution in [3.8, 4) is 0 Å². The van der Waals surface area contributed by atoms with E-state index in [2.05, 4.69) is 0 Å². The Kier molecular flexibility index (Phi) is 9.86. The first-order valence-electron chi connectivity index (χ1n) is 5.80. The Labute approximate surface area is 98.4 Å². The molecule has 0 radical (unpaired) electrons. The fraction of sp³-hybridized carbons (Fsp3) is 1.00. The van der Waals surface area contributed by atoms with Gasteiger partial charge in [-0.2, -0.15) is 0 Å². The van der Waals surface area contributed by atoms with E-state index in [0.717, 1.165) is 0 Å². The van der Waals surface area contributed by atoms with Crippen molar-refractivity contribution in [2.24, 2.45) is 11.5 Å². The summed E-state index contributed by atoms with van der Waals surface area (Å²) in [6.07, 6.45) is 0.0673. The standard InChI is InChI=1S/C11H26N2O3/c1-9(12)6-14-4-5-16-11(3)8-15-7-10(2)13/h9-11H,4-8,12-13H2,1-3H3. The number of nitrogens with two attached hydrogens (primary N) is 2. The molecule has 5 heteroatoms. The van der Waals surface area contributed by atoms with Crippen molar-refractivity contribution in [1.29, 1.82) is 0 Å². The molecule has 3 unspecified atom stereocenters. The van der Waals surface area contributed by atoms with Crippen molar-refractivity contribution in [3.05, 3.63) is 0 Å². The van der Waals surface area contributed by atoms with Crippen LogP contribution in [-0.4, -0.2) is 51.2 Å². The third-order valence-corrected chi connectivity index (χ3v) is 1.74. The van der Waals surface area contributed by atoms with Crippen LogP contribution in [0.2, 0.25) is 0 Å². The second kappa shape index (κ2) is 9.99. The first kappa shape index (κ1) is 15.8. The van der Waals surface area contributed by atoms with Crippen molar-refractivity contribution < 1.29 is 14.2 Å². The SMILES string of the molecule is CC(N)COCCOC(C)COCC(C)N. The molecule has 0 bridgehead atoms. The fourth-order valence-corrected chi connectivity index (χ4v) is 1.05. The summed E-state index contributed by atoms with van der Waals surface area (Å²) >= 11 is 0. The van der Waals surface area contributed by atoms with Crippen molar-refractivity contribution in [2.45, 2.75) is 39.0 Å². The lowest BCUT2D eigenvalue weighted by molar-refractivity contribution is -0.0319. The second-order valence-electron chi connectivity index (χ2n) is 4.25. The van der Waals surface area contributed by atoms with Crippen LogP contribution in [0.5, 0.6) is 0 Å². The summed E-state index contributed by atoms with van der Waals surface area (Å²) in [5.41, 5.74) is 11.1. The zero-order valence-electron chi connectivity index (χ0n) is 10.6. The van der Waals surface area contributed by atoms with Gasteiger partial charge in [-0.1, -0.05) is 0 Å². The zero-order chi connectivity index (χ0) is 12.4. The predicted octanol–water partition coefficient (Wildman–Crippen LogP) is 0.119. The molecule has 98 valence electrons. The summed E-state index contributed by atoms with van der Waals surface area (Å²) in [6.45, 7) is 8.61. The summed E-state index contributed by atoms with van der Waals surface area (Å²) in [7, 11) is 0. The molecule has 3 atom stereocenters. The lowest BCUT2D eigenvalue weighted by atomic mass is 10.4. The van der Waals surface area contributed by atoms with Gasteiger partial charge in [-0.05, 0) is 20.8 Å². The van der Waals surface area contributed by atoms with Crippen molar-refractivity contribution in [3.63, 3.8) is 0 Å². The van der Waals surface area contributed by atoms with Gasteiger partial charge in [-0.15, -0.1) is 0 Å². The number of hydrogen-bond donors (Lipinski definition) is 2. The fourth-order valence-electron chi connectivity index (χ4n) is 1.05. The Hall–Kier alpha value is -0.200. The van der Waals surface area contributed by atoms with Crippen molar-refractivity contribution in [2.75, 3.05) is 33.0 Å². The largest absolute Gasteiger partial charge is 0.377 e. The van der Waals surface area contributed by atoms with Crippen molar-refractivity contribution in [1.82, 2.24) is 0 Å². The third kappa shape index (κ3) is 11.9. The first-order valence-corrected chi connectivity index (χ1v) is 5.80. The Morgan fingerprint density at radius 1 is 0.812 bits per heavy atom. The quantitative estimate of drug-likeness (QED) is 0.525. The van der Waals surface area contributed by atoms with E-state index in [0.29, 0.717) is 33.0 Å². The van der Waals surface area contributed by atoms with Crippen molar-refractivity contribution >= 4 is 0 Å². The highest BCUT2D eigenvalue weighted by molar-refractivity contribution is 4.52. The summed E-state index contributed by atoms with van der Waals surface area (Å²) in [5, 5.41) is 0. The van der Waals surface area contributed by atoms with E-state index in [9.17, 15) is 0 Å². The summed E-state index contributed by atoms with van der Waals surface area (Å²) in [4.78, 5) is 0. The molecule has 0 aromatic heterocycles. The van der Waals surface area contributed by atoms with Gasteiger partial charge in [0, 0.05) is 12.1 Å². The van der Waals surface area contributed by atoms with Gasteiger partial charge in [0.1, 0.15) is 0 Å². The van der Waals surface area contributed by atoms with Crippen LogP contribution >= 0.6 is 0 Å². The molecule has 0 aromatic rings. The second-order valence-corrected chi connectivity index (χ2v) is 4.25. The molecule has 0 spiro atoms. The van der Waals surface area contributed by atoms with E-state index in [1.807, 2.05) is 20.8 Å². The van der Waals surface area contributed by atoms with Gasteiger partial charge >= 0.3 is 0 Å². The Morgan fingerprint density at radius 2 is 1.38 bits per heavy atom. The maximum atomic E-state index is 5.55. The van der Waals surface area contributed by atoms with Crippen LogP contribution in [0.15, 0.2) is 0 Å². The summed E-state index contributed by atoms with van der Waals surface area (Å²) < 4.78 is 16.1. The highest BCUT2D eigenvalue weighted by Gasteiger charge is 2.03. The van der Waals surface area contributed by atoms with Gasteiger partial charge in [0.25, 0.3) is 0 Å². The Balaban J connectivity index is 3.20. The lowest BCUT2D eigenvalue weighted by Crippen LogP contribution is -2.26. The van der Waals surface area contributed by atoms with E-state index < -0.39 is 0 Å². The molecule has 0 saturated heterocycles. The van der Waals surface area contributed by atoms with Crippen LogP contribution in [0.3, 0.4) is 0 Å². The molecule has 16 heavy (non-hydrogen) atoms. The molecule has 0 aromatic carbocycles. The molecule has 0 aliphatic heterocycles. The van der Waals surface area contributed by atoms with Gasteiger partial charge < -0.3 is 25.7 Å². The Morgan fingerprint density at radius 3 is 1.94 bits per heavy atom. The van der Waals surface area contributed by atoms with Crippen LogP contribution in [0, 0.1) is 0 Å². The molecule has 0 aliphatic carbocycles. The monoisotopic (exact) mass is 234 g/mol. The summed E-state index contributed by atoms with van der Waals surface area (Å²) in [6, 6.07) is 0.147. The minimum absolute atomic E-state index is 0.0673. The predicted molar refractivity (Wildman–Crippen MR) is 64.4 cm³/mol. The smallest absolute Gasteiger partial charge is 0.0781 e. The summed E-state index contributed by atoms with van der Waals surface area (Å²) in [5.74, 6) is 0. The highest BCUT2D eigenvalue weighted by atomic mass is 16.5. The number of ether oxygens (including phenoxy) is 3. The van der Waals surface area contributed by atoms with Crippen LogP contribution in [-0.2, 0) is 14.2 Å². The molecule has 0 amide bonds. The molecule has 5 nitrogen and oxygen atoms in total. The average molecular weight is 234 g/mol. The van der Waals surface area contributed by atoms with Crippen LogP contribution < -0.4 is 11.5 Å². The molecule has 0 fully saturated rings. The third-order valence-electron chi connectivity index (χ3n) is 1.74. The topological polar surface area (TPSA) is 79.7 Å². The van der Waals surface area contributed by atoms with Gasteiger partial charge in [-0.3, -0.25) is 0 Å². The zero-order valence-corrected chi connectivity index (χ0v) is 10.6. The van der Waals surface area contributed by atoms with E-state index in [1.165, 1.54) is 0 Å². The normalized spacial score (nSPS) is 17.1. The van der Waals surface area contributed by atoms with E-state index in [-0.39, 0.29) is 18.2 Å². The number of hydrogen-bond acceptors (Lipinski definition) is 5. The van der Waals surface area contributed by atoms with Gasteiger partial charge in [0.15, 0.2) is 0 Å². The van der Waals surface area contributed by atoms with Crippen LogP contribution in [0.25, 0.3) is 0 Å². The lowest BCUT2D eigenvalue weighted by Gasteiger charge is -2.14. The maximum absolute atomic E-state index is 5.55. The average Bonchev–Trinajstić information content (AvgIpc) is 2.16. The molecular weight excluding hydrogens is 208 g/mol. The van der Waals surface area contributed by atoms with Gasteiger partial charge in [0.2, 0.25) is 0 Å². The molecule has 0 rings (SSSR count). The highest BCUT2D eigenvalue weighted by Crippen LogP contribution is 1.93.